The Morgan fingerprint density at radius 3 is 2.58 bits per heavy atom. The number of benzene rings is 2. The Labute approximate surface area is 144 Å². The molecule has 0 saturated heterocycles. The van der Waals surface area contributed by atoms with Gasteiger partial charge in [-0.25, -0.2) is 0 Å². The van der Waals surface area contributed by atoms with Crippen molar-refractivity contribution in [1.82, 2.24) is 0 Å². The molecule has 0 aliphatic heterocycles. The van der Waals surface area contributed by atoms with Crippen molar-refractivity contribution < 1.29 is 18.0 Å². The van der Waals surface area contributed by atoms with Gasteiger partial charge in [0, 0.05) is 10.1 Å². The fraction of sp³-hybridized carbons (Fsp3) is 0.118. The first-order valence-electron chi connectivity index (χ1n) is 6.93. The van der Waals surface area contributed by atoms with E-state index in [0.29, 0.717) is 5.39 Å². The zero-order valence-electron chi connectivity index (χ0n) is 12.4. The number of thiophene rings is 1. The molecule has 124 valence electrons. The summed E-state index contributed by atoms with van der Waals surface area (Å²) in [4.78, 5) is 12.6. The second kappa shape index (κ2) is 6.11. The summed E-state index contributed by atoms with van der Waals surface area (Å²) in [6, 6.07) is 10.4. The first kappa shape index (κ1) is 16.8. The van der Waals surface area contributed by atoms with Crippen LogP contribution in [0.1, 0.15) is 20.8 Å². The summed E-state index contributed by atoms with van der Waals surface area (Å²) < 4.78 is 39.9. The minimum absolute atomic E-state index is 0.189. The van der Waals surface area contributed by atoms with Crippen molar-refractivity contribution in [2.75, 3.05) is 5.32 Å². The van der Waals surface area contributed by atoms with Crippen LogP contribution in [0.2, 0.25) is 5.02 Å². The summed E-state index contributed by atoms with van der Waals surface area (Å²) in [7, 11) is 0. The van der Waals surface area contributed by atoms with Crippen LogP contribution in [-0.2, 0) is 6.18 Å². The first-order chi connectivity index (χ1) is 11.3. The number of carbonyl (C=O) groups excluding carboxylic acids is 1. The largest absolute Gasteiger partial charge is 0.418 e. The fourth-order valence-electron chi connectivity index (χ4n) is 2.34. The third-order valence-corrected chi connectivity index (χ3v) is 5.13. The number of fused-ring (bicyclic) bond motifs is 1. The molecular formula is C17H11ClF3NOS. The van der Waals surface area contributed by atoms with Crippen molar-refractivity contribution in [1.29, 1.82) is 0 Å². The van der Waals surface area contributed by atoms with Crippen LogP contribution in [-0.4, -0.2) is 5.91 Å². The number of para-hydroxylation sites is 1. The van der Waals surface area contributed by atoms with Crippen molar-refractivity contribution in [3.8, 4) is 0 Å². The predicted molar refractivity (Wildman–Crippen MR) is 91.0 cm³/mol. The van der Waals surface area contributed by atoms with Crippen LogP contribution in [0, 0.1) is 6.92 Å². The van der Waals surface area contributed by atoms with Gasteiger partial charge in [0.25, 0.3) is 5.91 Å². The number of hydrogen-bond acceptors (Lipinski definition) is 2. The molecule has 0 aliphatic carbocycles. The van der Waals surface area contributed by atoms with Crippen molar-refractivity contribution in [3.05, 3.63) is 63.5 Å². The molecule has 0 saturated carbocycles. The van der Waals surface area contributed by atoms with Crippen LogP contribution in [0.3, 0.4) is 0 Å². The summed E-state index contributed by atoms with van der Waals surface area (Å²) in [5.41, 5.74) is -0.180. The van der Waals surface area contributed by atoms with Crippen LogP contribution in [0.25, 0.3) is 10.1 Å². The van der Waals surface area contributed by atoms with Gasteiger partial charge in [-0.3, -0.25) is 4.79 Å². The van der Waals surface area contributed by atoms with E-state index in [2.05, 4.69) is 5.32 Å². The quantitative estimate of drug-likeness (QED) is 0.578. The lowest BCUT2D eigenvalue weighted by molar-refractivity contribution is -0.136. The van der Waals surface area contributed by atoms with E-state index in [1.807, 2.05) is 19.1 Å². The van der Waals surface area contributed by atoms with Gasteiger partial charge in [-0.1, -0.05) is 35.9 Å². The van der Waals surface area contributed by atoms with Gasteiger partial charge in [-0.2, -0.15) is 13.2 Å². The average Bonchev–Trinajstić information content (AvgIpc) is 2.83. The fourth-order valence-corrected chi connectivity index (χ4v) is 3.85. The molecule has 0 radical (unpaired) electrons. The molecule has 3 rings (SSSR count). The summed E-state index contributed by atoms with van der Waals surface area (Å²) >= 11 is 7.38. The molecule has 3 aromatic rings. The Hall–Kier alpha value is -2.05. The number of rotatable bonds is 2. The van der Waals surface area contributed by atoms with Gasteiger partial charge >= 0.3 is 6.18 Å². The third-order valence-electron chi connectivity index (χ3n) is 3.47. The lowest BCUT2D eigenvalue weighted by Crippen LogP contribution is -2.15. The second-order valence-electron chi connectivity index (χ2n) is 5.24. The van der Waals surface area contributed by atoms with Crippen LogP contribution >= 0.6 is 22.9 Å². The molecule has 0 spiro atoms. The number of halogens is 4. The Bertz CT molecular complexity index is 933. The Balaban J connectivity index is 1.98. The molecule has 24 heavy (non-hydrogen) atoms. The van der Waals surface area contributed by atoms with Gasteiger partial charge < -0.3 is 5.32 Å². The predicted octanol–water partition coefficient (Wildman–Crippen LogP) is 6.13. The van der Waals surface area contributed by atoms with E-state index in [4.69, 9.17) is 11.6 Å². The summed E-state index contributed by atoms with van der Waals surface area (Å²) in [5.74, 6) is -0.657. The number of carbonyl (C=O) groups is 1. The zero-order valence-corrected chi connectivity index (χ0v) is 13.9. The maximum Gasteiger partial charge on any atom is 0.418 e. The van der Waals surface area contributed by atoms with E-state index in [0.717, 1.165) is 27.7 Å². The normalized spacial score (nSPS) is 11.7. The maximum absolute atomic E-state index is 13.0. The monoisotopic (exact) mass is 369 g/mol. The van der Waals surface area contributed by atoms with Crippen LogP contribution < -0.4 is 5.32 Å². The lowest BCUT2D eigenvalue weighted by atomic mass is 10.1. The Morgan fingerprint density at radius 1 is 1.17 bits per heavy atom. The van der Waals surface area contributed by atoms with Crippen molar-refractivity contribution in [3.63, 3.8) is 0 Å². The first-order valence-corrected chi connectivity index (χ1v) is 8.13. The minimum atomic E-state index is -4.55. The molecule has 0 aliphatic rings. The smallest absolute Gasteiger partial charge is 0.321 e. The standard InChI is InChI=1S/C17H11ClF3NOS/c1-9-6-7-10-13(8-9)24-15(14(10)18)16(23)22-12-5-3-2-4-11(12)17(19,20)21/h2-8H,1H3,(H,22,23). The minimum Gasteiger partial charge on any atom is -0.321 e. The highest BCUT2D eigenvalue weighted by atomic mass is 35.5. The van der Waals surface area contributed by atoms with Crippen LogP contribution in [0.15, 0.2) is 42.5 Å². The summed E-state index contributed by atoms with van der Waals surface area (Å²) in [5, 5.41) is 3.27. The molecule has 0 unspecified atom stereocenters. The SMILES string of the molecule is Cc1ccc2c(Cl)c(C(=O)Nc3ccccc3C(F)(F)F)sc2c1. The Kier molecular flexibility index (Phi) is 4.27. The van der Waals surface area contributed by atoms with Gasteiger partial charge in [-0.05, 0) is 30.7 Å². The van der Waals surface area contributed by atoms with Crippen molar-refractivity contribution in [2.24, 2.45) is 0 Å². The van der Waals surface area contributed by atoms with E-state index >= 15 is 0 Å². The molecule has 0 fully saturated rings. The van der Waals surface area contributed by atoms with Gasteiger partial charge in [0.05, 0.1) is 16.3 Å². The second-order valence-corrected chi connectivity index (χ2v) is 6.67. The number of hydrogen-bond donors (Lipinski definition) is 1. The molecular weight excluding hydrogens is 359 g/mol. The molecule has 0 atom stereocenters. The molecule has 1 heterocycles. The van der Waals surface area contributed by atoms with Gasteiger partial charge in [0.2, 0.25) is 0 Å². The molecule has 7 heteroatoms. The molecule has 1 N–H and O–H groups in total. The third kappa shape index (κ3) is 3.12. The van der Waals surface area contributed by atoms with Crippen molar-refractivity contribution in [2.45, 2.75) is 13.1 Å². The number of alkyl halides is 3. The highest BCUT2D eigenvalue weighted by Crippen LogP contribution is 2.38. The van der Waals surface area contributed by atoms with Crippen LogP contribution in [0.5, 0.6) is 0 Å². The van der Waals surface area contributed by atoms with E-state index in [-0.39, 0.29) is 15.6 Å². The van der Waals surface area contributed by atoms with Gasteiger partial charge in [-0.15, -0.1) is 11.3 Å². The number of nitrogens with one attached hydrogen (secondary N) is 1. The molecule has 1 amide bonds. The number of amides is 1. The van der Waals surface area contributed by atoms with Gasteiger partial charge in [0.15, 0.2) is 0 Å². The zero-order chi connectivity index (χ0) is 17.5. The number of aryl methyl sites for hydroxylation is 1. The van der Waals surface area contributed by atoms with E-state index in [1.165, 1.54) is 18.2 Å². The van der Waals surface area contributed by atoms with Crippen molar-refractivity contribution >= 4 is 44.6 Å². The molecule has 2 nitrogen and oxygen atoms in total. The van der Waals surface area contributed by atoms with E-state index in [9.17, 15) is 18.0 Å². The van der Waals surface area contributed by atoms with Gasteiger partial charge in [0.1, 0.15) is 4.88 Å². The molecule has 0 bridgehead atoms. The highest BCUT2D eigenvalue weighted by Gasteiger charge is 2.33. The molecule has 2 aromatic carbocycles. The topological polar surface area (TPSA) is 29.1 Å². The lowest BCUT2D eigenvalue weighted by Gasteiger charge is -2.13. The van der Waals surface area contributed by atoms with Crippen LogP contribution in [0.4, 0.5) is 18.9 Å². The molecule has 1 aromatic heterocycles. The maximum atomic E-state index is 13.0. The van der Waals surface area contributed by atoms with E-state index < -0.39 is 17.6 Å². The summed E-state index contributed by atoms with van der Waals surface area (Å²) in [6.07, 6.45) is -4.55. The van der Waals surface area contributed by atoms with E-state index in [1.54, 1.807) is 6.07 Å². The average molecular weight is 370 g/mol. The summed E-state index contributed by atoms with van der Waals surface area (Å²) in [6.45, 7) is 1.91. The number of anilines is 1. The highest BCUT2D eigenvalue weighted by molar-refractivity contribution is 7.21. The Morgan fingerprint density at radius 2 is 1.88 bits per heavy atom.